The second-order valence-corrected chi connectivity index (χ2v) is 6.90. The number of hydrogen-bond acceptors (Lipinski definition) is 3. The van der Waals surface area contributed by atoms with E-state index in [1.807, 2.05) is 54.6 Å². The van der Waals surface area contributed by atoms with E-state index in [1.54, 1.807) is 37.4 Å². The summed E-state index contributed by atoms with van der Waals surface area (Å²) >= 11 is 0. The Morgan fingerprint density at radius 2 is 1.43 bits per heavy atom. The van der Waals surface area contributed by atoms with Crippen molar-refractivity contribution in [1.82, 2.24) is 0 Å². The second kappa shape index (κ2) is 8.09. The number of methoxy groups -OCH3 is 1. The highest BCUT2D eigenvalue weighted by Crippen LogP contribution is 2.25. The monoisotopic (exact) mass is 396 g/mol. The Labute approximate surface area is 174 Å². The lowest BCUT2D eigenvalue weighted by atomic mass is 10.0. The van der Waals surface area contributed by atoms with Crippen LogP contribution in [0.1, 0.15) is 20.7 Å². The summed E-state index contributed by atoms with van der Waals surface area (Å²) < 4.78 is 5.27. The minimum absolute atomic E-state index is 0.204. The van der Waals surface area contributed by atoms with Crippen molar-refractivity contribution in [3.05, 3.63) is 96.1 Å². The van der Waals surface area contributed by atoms with Crippen molar-refractivity contribution >= 4 is 28.3 Å². The van der Waals surface area contributed by atoms with Crippen molar-refractivity contribution in [2.45, 2.75) is 0 Å². The van der Waals surface area contributed by atoms with Gasteiger partial charge in [0, 0.05) is 16.8 Å². The van der Waals surface area contributed by atoms with E-state index in [9.17, 15) is 9.59 Å². The third kappa shape index (κ3) is 4.00. The molecule has 0 radical (unpaired) electrons. The number of hydrogen-bond donors (Lipinski definition) is 2. The lowest BCUT2D eigenvalue weighted by Crippen LogP contribution is -2.12. The maximum atomic E-state index is 12.7. The summed E-state index contributed by atoms with van der Waals surface area (Å²) in [5, 5.41) is 4.63. The molecule has 0 spiro atoms. The van der Waals surface area contributed by atoms with E-state index in [0.717, 1.165) is 27.6 Å². The summed E-state index contributed by atoms with van der Waals surface area (Å²) in [6, 6.07) is 25.9. The Morgan fingerprint density at radius 1 is 0.767 bits per heavy atom. The van der Waals surface area contributed by atoms with Crippen LogP contribution in [-0.4, -0.2) is 18.9 Å². The second-order valence-electron chi connectivity index (χ2n) is 6.90. The first-order valence-electron chi connectivity index (χ1n) is 9.43. The van der Waals surface area contributed by atoms with Crippen molar-refractivity contribution in [3.8, 4) is 16.9 Å². The number of nitrogens with two attached hydrogens (primary N) is 1. The van der Waals surface area contributed by atoms with Crippen LogP contribution in [0.2, 0.25) is 0 Å². The fraction of sp³-hybridized carbons (Fsp3) is 0.0400. The van der Waals surface area contributed by atoms with Gasteiger partial charge in [0.25, 0.3) is 5.91 Å². The molecule has 0 aliphatic rings. The number of amides is 2. The van der Waals surface area contributed by atoms with Gasteiger partial charge in [0.2, 0.25) is 5.91 Å². The maximum absolute atomic E-state index is 12.7. The van der Waals surface area contributed by atoms with Crippen LogP contribution >= 0.6 is 0 Å². The molecule has 4 aromatic carbocycles. The summed E-state index contributed by atoms with van der Waals surface area (Å²) in [5.41, 5.74) is 9.07. The van der Waals surface area contributed by atoms with E-state index < -0.39 is 5.91 Å². The van der Waals surface area contributed by atoms with Crippen molar-refractivity contribution < 1.29 is 14.3 Å². The minimum Gasteiger partial charge on any atom is -0.497 e. The van der Waals surface area contributed by atoms with Crippen LogP contribution in [0.3, 0.4) is 0 Å². The van der Waals surface area contributed by atoms with Gasteiger partial charge in [0.1, 0.15) is 5.75 Å². The summed E-state index contributed by atoms with van der Waals surface area (Å²) in [5.74, 6) is 0.116. The molecule has 148 valence electrons. The van der Waals surface area contributed by atoms with Gasteiger partial charge in [-0.15, -0.1) is 0 Å². The molecule has 0 bridgehead atoms. The first-order valence-corrected chi connectivity index (χ1v) is 9.43. The van der Waals surface area contributed by atoms with E-state index in [4.69, 9.17) is 10.5 Å². The van der Waals surface area contributed by atoms with Crippen molar-refractivity contribution in [2.24, 2.45) is 5.73 Å². The molecule has 4 aromatic rings. The highest BCUT2D eigenvalue weighted by Gasteiger charge is 2.09. The van der Waals surface area contributed by atoms with Crippen LogP contribution in [0.4, 0.5) is 5.69 Å². The molecule has 0 saturated carbocycles. The zero-order chi connectivity index (χ0) is 21.1. The van der Waals surface area contributed by atoms with Gasteiger partial charge in [0.15, 0.2) is 0 Å². The maximum Gasteiger partial charge on any atom is 0.255 e. The van der Waals surface area contributed by atoms with E-state index in [0.29, 0.717) is 16.8 Å². The molecule has 0 aromatic heterocycles. The lowest BCUT2D eigenvalue weighted by molar-refractivity contribution is 0.0997. The predicted octanol–water partition coefficient (Wildman–Crippen LogP) is 4.87. The van der Waals surface area contributed by atoms with E-state index in [-0.39, 0.29) is 5.91 Å². The number of fused-ring (bicyclic) bond motifs is 1. The molecule has 30 heavy (non-hydrogen) atoms. The molecule has 0 aliphatic carbocycles. The third-order valence-corrected chi connectivity index (χ3v) is 4.93. The van der Waals surface area contributed by atoms with Gasteiger partial charge >= 0.3 is 0 Å². The van der Waals surface area contributed by atoms with Gasteiger partial charge in [-0.05, 0) is 70.4 Å². The molecule has 0 fully saturated rings. The van der Waals surface area contributed by atoms with Gasteiger partial charge in [-0.2, -0.15) is 0 Å². The van der Waals surface area contributed by atoms with Crippen molar-refractivity contribution in [2.75, 3.05) is 12.4 Å². The molecule has 0 heterocycles. The van der Waals surface area contributed by atoms with Crippen molar-refractivity contribution in [3.63, 3.8) is 0 Å². The van der Waals surface area contributed by atoms with E-state index in [1.165, 1.54) is 0 Å². The highest BCUT2D eigenvalue weighted by molar-refractivity contribution is 6.07. The Balaban J connectivity index is 1.52. The highest BCUT2D eigenvalue weighted by atomic mass is 16.5. The molecule has 0 atom stereocenters. The standard InChI is InChI=1S/C25H20N2O3/c1-30-23-4-2-3-17(15-23)16-9-11-22(12-10-16)27-25(29)21-8-6-18-13-20(24(26)28)7-5-19(18)14-21/h2-15H,1H3,(H2,26,28)(H,27,29). The average Bonchev–Trinajstić information content (AvgIpc) is 2.78. The smallest absolute Gasteiger partial charge is 0.255 e. The van der Waals surface area contributed by atoms with Crippen LogP contribution in [0.5, 0.6) is 5.75 Å². The number of ether oxygens (including phenoxy) is 1. The topological polar surface area (TPSA) is 81.4 Å². The molecule has 5 nitrogen and oxygen atoms in total. The molecule has 2 amide bonds. The van der Waals surface area contributed by atoms with Crippen LogP contribution < -0.4 is 15.8 Å². The number of primary amides is 1. The number of nitrogens with one attached hydrogen (secondary N) is 1. The van der Waals surface area contributed by atoms with Crippen LogP contribution in [0.25, 0.3) is 21.9 Å². The molecular formula is C25H20N2O3. The number of carbonyl (C=O) groups excluding carboxylic acids is 2. The molecule has 4 rings (SSSR count). The Hall–Kier alpha value is -4.12. The quantitative estimate of drug-likeness (QED) is 0.505. The zero-order valence-electron chi connectivity index (χ0n) is 16.4. The zero-order valence-corrected chi connectivity index (χ0v) is 16.4. The largest absolute Gasteiger partial charge is 0.497 e. The van der Waals surface area contributed by atoms with Gasteiger partial charge < -0.3 is 15.8 Å². The lowest BCUT2D eigenvalue weighted by Gasteiger charge is -2.09. The Morgan fingerprint density at radius 3 is 2.10 bits per heavy atom. The molecular weight excluding hydrogens is 376 g/mol. The number of benzene rings is 4. The molecule has 5 heteroatoms. The Kier molecular flexibility index (Phi) is 5.18. The summed E-state index contributed by atoms with van der Waals surface area (Å²) in [6.45, 7) is 0. The van der Waals surface area contributed by atoms with E-state index >= 15 is 0 Å². The molecule has 0 unspecified atom stereocenters. The minimum atomic E-state index is -0.476. The molecule has 0 aliphatic heterocycles. The number of rotatable bonds is 5. The number of carbonyl (C=O) groups is 2. The van der Waals surface area contributed by atoms with Crippen LogP contribution in [0.15, 0.2) is 84.9 Å². The summed E-state index contributed by atoms with van der Waals surface area (Å²) in [7, 11) is 1.64. The number of anilines is 1. The summed E-state index contributed by atoms with van der Waals surface area (Å²) in [4.78, 5) is 24.0. The first kappa shape index (κ1) is 19.2. The fourth-order valence-electron chi connectivity index (χ4n) is 3.29. The van der Waals surface area contributed by atoms with Crippen LogP contribution in [0, 0.1) is 0 Å². The van der Waals surface area contributed by atoms with Crippen molar-refractivity contribution in [1.29, 1.82) is 0 Å². The third-order valence-electron chi connectivity index (χ3n) is 4.93. The predicted molar refractivity (Wildman–Crippen MR) is 119 cm³/mol. The van der Waals surface area contributed by atoms with Gasteiger partial charge in [-0.3, -0.25) is 9.59 Å². The van der Waals surface area contributed by atoms with E-state index in [2.05, 4.69) is 5.32 Å². The molecule has 3 N–H and O–H groups in total. The van der Waals surface area contributed by atoms with Crippen LogP contribution in [-0.2, 0) is 0 Å². The Bertz CT molecular complexity index is 1250. The first-order chi connectivity index (χ1) is 14.5. The molecule has 0 saturated heterocycles. The fourth-order valence-corrected chi connectivity index (χ4v) is 3.29. The van der Waals surface area contributed by atoms with Gasteiger partial charge in [-0.1, -0.05) is 36.4 Å². The van der Waals surface area contributed by atoms with Gasteiger partial charge in [0.05, 0.1) is 7.11 Å². The SMILES string of the molecule is COc1cccc(-c2ccc(NC(=O)c3ccc4cc(C(N)=O)ccc4c3)cc2)c1. The summed E-state index contributed by atoms with van der Waals surface area (Å²) in [6.07, 6.45) is 0. The average molecular weight is 396 g/mol. The normalized spacial score (nSPS) is 10.6. The van der Waals surface area contributed by atoms with Gasteiger partial charge in [-0.25, -0.2) is 0 Å².